The summed E-state index contributed by atoms with van der Waals surface area (Å²) in [6.07, 6.45) is 2.69. The standard InChI is InChI=1S/C31H33F3N2O4/c1-35(26(38)12-7-18-3-2-4-21(15-18)31(32,33)34)23-10-11-25-29-13-14-36(17-19-5-6-19)24(30(23,29)39)16-20-8-9-22(37)28(40-25)27(20)29/h2-4,7-9,12,15,19,23-25,37,39H,5-6,10-11,13-14,16-17H2,1H3/t23-,24-,25+,29-,30-/m1/s1. The number of carbonyl (C=O) groups is 1. The molecule has 9 heteroatoms. The number of benzene rings is 2. The molecule has 5 aliphatic rings. The van der Waals surface area contributed by atoms with Crippen LogP contribution in [0.5, 0.6) is 11.5 Å². The summed E-state index contributed by atoms with van der Waals surface area (Å²) in [5, 5.41) is 23.8. The number of alkyl halides is 3. The Morgan fingerprint density at radius 2 is 2.00 bits per heavy atom. The molecule has 212 valence electrons. The Morgan fingerprint density at radius 3 is 2.75 bits per heavy atom. The highest BCUT2D eigenvalue weighted by atomic mass is 19.4. The van der Waals surface area contributed by atoms with Crippen LogP contribution in [-0.2, 0) is 22.8 Å². The Balaban J connectivity index is 1.25. The van der Waals surface area contributed by atoms with E-state index in [-0.39, 0.29) is 29.4 Å². The number of likely N-dealkylation sites (N-methyl/N-ethyl adjacent to an activating group) is 1. The van der Waals surface area contributed by atoms with Gasteiger partial charge in [0.2, 0.25) is 5.91 Å². The third-order valence-corrected chi connectivity index (χ3v) is 10.2. The molecule has 2 aliphatic heterocycles. The summed E-state index contributed by atoms with van der Waals surface area (Å²) >= 11 is 0. The molecule has 2 N–H and O–H groups in total. The van der Waals surface area contributed by atoms with E-state index in [4.69, 9.17) is 4.74 Å². The Kier molecular flexibility index (Phi) is 5.65. The molecular formula is C31H33F3N2O4. The van der Waals surface area contributed by atoms with E-state index in [1.807, 2.05) is 6.07 Å². The van der Waals surface area contributed by atoms with E-state index in [0.717, 1.165) is 36.3 Å². The molecule has 2 bridgehead atoms. The minimum atomic E-state index is -4.47. The predicted molar refractivity (Wildman–Crippen MR) is 142 cm³/mol. The van der Waals surface area contributed by atoms with Crippen molar-refractivity contribution in [1.29, 1.82) is 0 Å². The van der Waals surface area contributed by atoms with Crippen molar-refractivity contribution in [2.45, 2.75) is 73.9 Å². The minimum Gasteiger partial charge on any atom is -0.504 e. The van der Waals surface area contributed by atoms with Crippen LogP contribution in [0.2, 0.25) is 0 Å². The molecule has 0 unspecified atom stereocenters. The number of halogens is 3. The van der Waals surface area contributed by atoms with Gasteiger partial charge in [-0.25, -0.2) is 0 Å². The first kappa shape index (κ1) is 25.9. The van der Waals surface area contributed by atoms with Crippen LogP contribution in [0.3, 0.4) is 0 Å². The Labute approximate surface area is 231 Å². The highest BCUT2D eigenvalue weighted by Crippen LogP contribution is 2.66. The molecule has 6 nitrogen and oxygen atoms in total. The first-order chi connectivity index (χ1) is 19.0. The highest BCUT2D eigenvalue weighted by Gasteiger charge is 2.74. The van der Waals surface area contributed by atoms with Crippen molar-refractivity contribution in [2.24, 2.45) is 5.92 Å². The molecule has 3 aliphatic carbocycles. The zero-order valence-electron chi connectivity index (χ0n) is 22.3. The van der Waals surface area contributed by atoms with Crippen LogP contribution in [-0.4, -0.2) is 69.8 Å². The maximum absolute atomic E-state index is 13.5. The second kappa shape index (κ2) is 8.73. The number of carbonyl (C=O) groups excluding carboxylic acids is 1. The van der Waals surface area contributed by atoms with Crippen molar-refractivity contribution < 1.29 is 32.9 Å². The Morgan fingerprint density at radius 1 is 1.20 bits per heavy atom. The van der Waals surface area contributed by atoms with E-state index < -0.39 is 28.8 Å². The molecule has 2 aromatic rings. The zero-order chi connectivity index (χ0) is 28.0. The van der Waals surface area contributed by atoms with Crippen LogP contribution >= 0.6 is 0 Å². The molecule has 5 atom stereocenters. The van der Waals surface area contributed by atoms with Crippen LogP contribution < -0.4 is 4.74 Å². The van der Waals surface area contributed by atoms with Gasteiger partial charge in [0.05, 0.1) is 17.0 Å². The summed E-state index contributed by atoms with van der Waals surface area (Å²) in [5.74, 6) is 0.794. The fraction of sp³-hybridized carbons (Fsp3) is 0.516. The largest absolute Gasteiger partial charge is 0.504 e. The van der Waals surface area contributed by atoms with Crippen molar-refractivity contribution in [3.63, 3.8) is 0 Å². The molecule has 0 aromatic heterocycles. The van der Waals surface area contributed by atoms with Gasteiger partial charge in [0.1, 0.15) is 11.7 Å². The van der Waals surface area contributed by atoms with Gasteiger partial charge in [0, 0.05) is 31.3 Å². The number of aromatic hydroxyl groups is 1. The molecular weight excluding hydrogens is 521 g/mol. The van der Waals surface area contributed by atoms with Crippen molar-refractivity contribution in [1.82, 2.24) is 9.80 Å². The summed E-state index contributed by atoms with van der Waals surface area (Å²) in [6, 6.07) is 7.75. The second-order valence-electron chi connectivity index (χ2n) is 12.3. The Hall–Kier alpha value is -3.04. The number of amides is 1. The van der Waals surface area contributed by atoms with E-state index >= 15 is 0 Å². The predicted octanol–water partition coefficient (Wildman–Crippen LogP) is 4.52. The average Bonchev–Trinajstić information content (AvgIpc) is 3.67. The van der Waals surface area contributed by atoms with Gasteiger partial charge in [-0.3, -0.25) is 9.69 Å². The number of hydrogen-bond donors (Lipinski definition) is 2. The number of phenolic OH excluding ortho intramolecular Hbond substituents is 1. The summed E-state index contributed by atoms with van der Waals surface area (Å²) in [7, 11) is 1.67. The topological polar surface area (TPSA) is 73.2 Å². The highest BCUT2D eigenvalue weighted by molar-refractivity contribution is 5.92. The van der Waals surface area contributed by atoms with Gasteiger partial charge >= 0.3 is 6.18 Å². The summed E-state index contributed by atoms with van der Waals surface area (Å²) in [6.45, 7) is 1.73. The van der Waals surface area contributed by atoms with Crippen LogP contribution in [0.25, 0.3) is 6.08 Å². The van der Waals surface area contributed by atoms with E-state index in [9.17, 15) is 28.2 Å². The van der Waals surface area contributed by atoms with Crippen molar-refractivity contribution in [3.05, 3.63) is 64.7 Å². The number of ether oxygens (including phenoxy) is 1. The third kappa shape index (κ3) is 3.59. The second-order valence-corrected chi connectivity index (χ2v) is 12.3. The number of nitrogens with zero attached hydrogens (tertiary/aromatic N) is 2. The third-order valence-electron chi connectivity index (χ3n) is 10.2. The molecule has 3 fully saturated rings. The molecule has 1 spiro atoms. The molecule has 1 amide bonds. The number of aliphatic hydroxyl groups is 1. The lowest BCUT2D eigenvalue weighted by atomic mass is 9.47. The smallest absolute Gasteiger partial charge is 0.416 e. The summed E-state index contributed by atoms with van der Waals surface area (Å²) in [4.78, 5) is 17.5. The minimum absolute atomic E-state index is 0.0775. The van der Waals surface area contributed by atoms with Crippen LogP contribution in [0, 0.1) is 5.92 Å². The Bertz CT molecular complexity index is 1410. The van der Waals surface area contributed by atoms with Gasteiger partial charge in [-0.15, -0.1) is 0 Å². The number of rotatable bonds is 5. The van der Waals surface area contributed by atoms with E-state index in [0.29, 0.717) is 37.4 Å². The maximum atomic E-state index is 13.5. The van der Waals surface area contributed by atoms with Gasteiger partial charge in [-0.1, -0.05) is 18.2 Å². The lowest BCUT2D eigenvalue weighted by Gasteiger charge is -2.66. The lowest BCUT2D eigenvalue weighted by Crippen LogP contribution is -2.81. The number of hydrogen-bond acceptors (Lipinski definition) is 5. The van der Waals surface area contributed by atoms with Gasteiger partial charge < -0.3 is 19.8 Å². The summed E-state index contributed by atoms with van der Waals surface area (Å²) in [5.41, 5.74) is -0.574. The maximum Gasteiger partial charge on any atom is 0.416 e. The fourth-order valence-electron chi connectivity index (χ4n) is 8.23. The molecule has 2 heterocycles. The monoisotopic (exact) mass is 554 g/mol. The average molecular weight is 555 g/mol. The van der Waals surface area contributed by atoms with Crippen molar-refractivity contribution in [2.75, 3.05) is 20.1 Å². The van der Waals surface area contributed by atoms with Gasteiger partial charge in [0.15, 0.2) is 11.5 Å². The van der Waals surface area contributed by atoms with Gasteiger partial charge in [-0.2, -0.15) is 13.2 Å². The normalized spacial score (nSPS) is 32.6. The lowest BCUT2D eigenvalue weighted by molar-refractivity contribution is -0.217. The van der Waals surface area contributed by atoms with Crippen molar-refractivity contribution >= 4 is 12.0 Å². The van der Waals surface area contributed by atoms with E-state index in [2.05, 4.69) is 4.90 Å². The quantitative estimate of drug-likeness (QED) is 0.532. The molecule has 0 radical (unpaired) electrons. The van der Waals surface area contributed by atoms with Crippen LogP contribution in [0.15, 0.2) is 42.5 Å². The van der Waals surface area contributed by atoms with Crippen molar-refractivity contribution in [3.8, 4) is 11.5 Å². The van der Waals surface area contributed by atoms with Gasteiger partial charge in [-0.05, 0) is 86.4 Å². The van der Waals surface area contributed by atoms with E-state index in [1.54, 1.807) is 18.0 Å². The molecule has 7 rings (SSSR count). The zero-order valence-corrected chi connectivity index (χ0v) is 22.3. The molecule has 40 heavy (non-hydrogen) atoms. The van der Waals surface area contributed by atoms with E-state index in [1.165, 1.54) is 37.1 Å². The first-order valence-electron chi connectivity index (χ1n) is 14.1. The van der Waals surface area contributed by atoms with Gasteiger partial charge in [0.25, 0.3) is 0 Å². The molecule has 2 aromatic carbocycles. The first-order valence-corrected chi connectivity index (χ1v) is 14.1. The SMILES string of the molecule is CN(C(=O)C=Cc1cccc(C(F)(F)F)c1)[C@@H]1CC[C@@H]2Oc3c(O)ccc4c3[C@@]23CCN(CC2CC2)[C@H](C4)[C@]13O. The number of phenols is 1. The fourth-order valence-corrected chi connectivity index (χ4v) is 8.23. The molecule has 2 saturated carbocycles. The van der Waals surface area contributed by atoms with Crippen LogP contribution in [0.4, 0.5) is 13.2 Å². The number of likely N-dealkylation sites (tertiary alicyclic amines) is 1. The molecule has 1 saturated heterocycles. The van der Waals surface area contributed by atoms with Crippen LogP contribution in [0.1, 0.15) is 54.4 Å². The number of piperidine rings is 1. The summed E-state index contributed by atoms with van der Waals surface area (Å²) < 4.78 is 45.9.